The van der Waals surface area contributed by atoms with Gasteiger partial charge in [0.1, 0.15) is 0 Å². The van der Waals surface area contributed by atoms with Gasteiger partial charge < -0.3 is 15.4 Å². The first-order chi connectivity index (χ1) is 8.15. The second kappa shape index (κ2) is 4.50. The zero-order valence-electron chi connectivity index (χ0n) is 9.27. The molecule has 1 aromatic carbocycles. The molecule has 0 radical (unpaired) electrons. The second-order valence-electron chi connectivity index (χ2n) is 3.54. The standard InChI is InChI=1S/C11H12FN3O2/c1-2-6-3-7(10(16)8(12)4-6)11-14-9(5-13)17-15-11/h3-4,16H,2,5,13H2,1H3. The van der Waals surface area contributed by atoms with E-state index in [2.05, 4.69) is 10.1 Å². The smallest absolute Gasteiger partial charge is 0.240 e. The molecule has 1 aromatic heterocycles. The Labute approximate surface area is 97.1 Å². The van der Waals surface area contributed by atoms with Gasteiger partial charge in [0.25, 0.3) is 0 Å². The summed E-state index contributed by atoms with van der Waals surface area (Å²) in [5, 5.41) is 13.3. The molecule has 0 fully saturated rings. The van der Waals surface area contributed by atoms with Crippen molar-refractivity contribution in [2.45, 2.75) is 19.9 Å². The molecule has 90 valence electrons. The molecule has 0 spiro atoms. The highest BCUT2D eigenvalue weighted by atomic mass is 19.1. The predicted octanol–water partition coefficient (Wildman–Crippen LogP) is 1.60. The Morgan fingerprint density at radius 2 is 2.24 bits per heavy atom. The Hall–Kier alpha value is -1.95. The van der Waals surface area contributed by atoms with Gasteiger partial charge in [0.15, 0.2) is 11.6 Å². The lowest BCUT2D eigenvalue weighted by Gasteiger charge is -2.04. The van der Waals surface area contributed by atoms with Gasteiger partial charge in [-0.2, -0.15) is 4.98 Å². The largest absolute Gasteiger partial charge is 0.504 e. The molecule has 1 heterocycles. The van der Waals surface area contributed by atoms with Crippen LogP contribution in [0.15, 0.2) is 16.7 Å². The maximum absolute atomic E-state index is 13.4. The first-order valence-electron chi connectivity index (χ1n) is 5.20. The molecule has 2 aromatic rings. The number of aromatic hydroxyl groups is 1. The molecule has 3 N–H and O–H groups in total. The van der Waals surface area contributed by atoms with Crippen LogP contribution in [-0.2, 0) is 13.0 Å². The Morgan fingerprint density at radius 1 is 1.47 bits per heavy atom. The average Bonchev–Trinajstić information content (AvgIpc) is 2.81. The van der Waals surface area contributed by atoms with Gasteiger partial charge in [-0.3, -0.25) is 0 Å². The normalized spacial score (nSPS) is 10.8. The monoisotopic (exact) mass is 237 g/mol. The number of phenolic OH excluding ortho intramolecular Hbond substituents is 1. The van der Waals surface area contributed by atoms with E-state index in [9.17, 15) is 9.50 Å². The molecule has 0 atom stereocenters. The van der Waals surface area contributed by atoms with Crippen molar-refractivity contribution in [3.8, 4) is 17.1 Å². The van der Waals surface area contributed by atoms with Crippen LogP contribution in [0.3, 0.4) is 0 Å². The number of hydrogen-bond acceptors (Lipinski definition) is 5. The topological polar surface area (TPSA) is 85.2 Å². The minimum Gasteiger partial charge on any atom is -0.504 e. The van der Waals surface area contributed by atoms with Gasteiger partial charge in [-0.05, 0) is 24.1 Å². The summed E-state index contributed by atoms with van der Waals surface area (Å²) in [6.45, 7) is 1.99. The molecule has 0 aliphatic carbocycles. The minimum atomic E-state index is -0.696. The number of nitrogens with zero attached hydrogens (tertiary/aromatic N) is 2. The van der Waals surface area contributed by atoms with E-state index >= 15 is 0 Å². The molecule has 0 aliphatic rings. The number of nitrogens with two attached hydrogens (primary N) is 1. The number of halogens is 1. The third kappa shape index (κ3) is 2.12. The van der Waals surface area contributed by atoms with Crippen LogP contribution in [0.4, 0.5) is 4.39 Å². The van der Waals surface area contributed by atoms with Crippen LogP contribution >= 0.6 is 0 Å². The molecule has 0 saturated carbocycles. The zero-order chi connectivity index (χ0) is 12.4. The van der Waals surface area contributed by atoms with E-state index in [1.165, 1.54) is 6.07 Å². The van der Waals surface area contributed by atoms with Gasteiger partial charge in [0.05, 0.1) is 12.1 Å². The molecule has 17 heavy (non-hydrogen) atoms. The van der Waals surface area contributed by atoms with Crippen LogP contribution in [0.5, 0.6) is 5.75 Å². The number of phenols is 1. The molecule has 6 heteroatoms. The first-order valence-corrected chi connectivity index (χ1v) is 5.20. The second-order valence-corrected chi connectivity index (χ2v) is 3.54. The Balaban J connectivity index is 2.53. The SMILES string of the molecule is CCc1cc(F)c(O)c(-c2noc(CN)n2)c1. The number of hydrogen-bond donors (Lipinski definition) is 2. The molecule has 0 saturated heterocycles. The third-order valence-corrected chi connectivity index (χ3v) is 2.42. The molecule has 5 nitrogen and oxygen atoms in total. The Bertz CT molecular complexity index is 540. The highest BCUT2D eigenvalue weighted by molar-refractivity contribution is 5.64. The minimum absolute atomic E-state index is 0.101. The summed E-state index contributed by atoms with van der Waals surface area (Å²) in [6.07, 6.45) is 0.645. The maximum atomic E-state index is 13.4. The molecule has 2 rings (SSSR count). The van der Waals surface area contributed by atoms with Crippen LogP contribution < -0.4 is 5.73 Å². The lowest BCUT2D eigenvalue weighted by molar-refractivity contribution is 0.380. The van der Waals surface area contributed by atoms with Crippen molar-refractivity contribution in [1.82, 2.24) is 10.1 Å². The van der Waals surface area contributed by atoms with Gasteiger partial charge in [0.2, 0.25) is 11.7 Å². The summed E-state index contributed by atoms with van der Waals surface area (Å²) in [7, 11) is 0. The Kier molecular flexibility index (Phi) is 3.06. The van der Waals surface area contributed by atoms with E-state index in [0.29, 0.717) is 6.42 Å². The van der Waals surface area contributed by atoms with E-state index in [-0.39, 0.29) is 23.8 Å². The van der Waals surface area contributed by atoms with Gasteiger partial charge in [-0.25, -0.2) is 4.39 Å². The summed E-state index contributed by atoms with van der Waals surface area (Å²) in [5.74, 6) is -0.802. The summed E-state index contributed by atoms with van der Waals surface area (Å²) in [5.41, 5.74) is 6.29. The maximum Gasteiger partial charge on any atom is 0.240 e. The Morgan fingerprint density at radius 3 is 2.82 bits per heavy atom. The van der Waals surface area contributed by atoms with Gasteiger partial charge in [-0.1, -0.05) is 12.1 Å². The lowest BCUT2D eigenvalue weighted by atomic mass is 10.1. The molecule has 0 amide bonds. The third-order valence-electron chi connectivity index (χ3n) is 2.42. The fourth-order valence-corrected chi connectivity index (χ4v) is 1.48. The van der Waals surface area contributed by atoms with Crippen molar-refractivity contribution in [2.75, 3.05) is 0 Å². The number of aromatic nitrogens is 2. The number of rotatable bonds is 3. The van der Waals surface area contributed by atoms with Gasteiger partial charge >= 0.3 is 0 Å². The van der Waals surface area contributed by atoms with Crippen LogP contribution in [0.1, 0.15) is 18.4 Å². The summed E-state index contributed by atoms with van der Waals surface area (Å²) in [4.78, 5) is 3.95. The highest BCUT2D eigenvalue weighted by Gasteiger charge is 2.16. The predicted molar refractivity (Wildman–Crippen MR) is 58.6 cm³/mol. The van der Waals surface area contributed by atoms with E-state index in [4.69, 9.17) is 10.3 Å². The summed E-state index contributed by atoms with van der Waals surface area (Å²) < 4.78 is 18.3. The van der Waals surface area contributed by atoms with Gasteiger partial charge in [0, 0.05) is 0 Å². The molecule has 0 unspecified atom stereocenters. The summed E-state index contributed by atoms with van der Waals surface area (Å²) in [6, 6.07) is 2.91. The van der Waals surface area contributed by atoms with E-state index in [0.717, 1.165) is 5.56 Å². The molecule has 0 bridgehead atoms. The van der Waals surface area contributed by atoms with Crippen molar-refractivity contribution < 1.29 is 14.0 Å². The molecule has 0 aliphatic heterocycles. The van der Waals surface area contributed by atoms with E-state index < -0.39 is 11.6 Å². The van der Waals surface area contributed by atoms with Gasteiger partial charge in [-0.15, -0.1) is 0 Å². The van der Waals surface area contributed by atoms with Crippen molar-refractivity contribution in [3.63, 3.8) is 0 Å². The summed E-state index contributed by atoms with van der Waals surface area (Å²) >= 11 is 0. The molecular formula is C11H12FN3O2. The van der Waals surface area contributed by atoms with E-state index in [1.807, 2.05) is 6.92 Å². The molecular weight excluding hydrogens is 225 g/mol. The highest BCUT2D eigenvalue weighted by Crippen LogP contribution is 2.31. The van der Waals surface area contributed by atoms with Crippen molar-refractivity contribution >= 4 is 0 Å². The number of benzene rings is 1. The number of aryl methyl sites for hydroxylation is 1. The van der Waals surface area contributed by atoms with Crippen molar-refractivity contribution in [3.05, 3.63) is 29.4 Å². The van der Waals surface area contributed by atoms with Crippen LogP contribution in [0.2, 0.25) is 0 Å². The van der Waals surface area contributed by atoms with Crippen molar-refractivity contribution in [2.24, 2.45) is 5.73 Å². The quantitative estimate of drug-likeness (QED) is 0.846. The van der Waals surface area contributed by atoms with Crippen molar-refractivity contribution in [1.29, 1.82) is 0 Å². The average molecular weight is 237 g/mol. The van der Waals surface area contributed by atoms with Crippen LogP contribution in [-0.4, -0.2) is 15.2 Å². The van der Waals surface area contributed by atoms with Crippen LogP contribution in [0.25, 0.3) is 11.4 Å². The fraction of sp³-hybridized carbons (Fsp3) is 0.273. The zero-order valence-corrected chi connectivity index (χ0v) is 9.27. The van der Waals surface area contributed by atoms with Crippen LogP contribution in [0, 0.1) is 5.82 Å². The van der Waals surface area contributed by atoms with E-state index in [1.54, 1.807) is 6.07 Å². The fourth-order valence-electron chi connectivity index (χ4n) is 1.48. The first kappa shape index (κ1) is 11.5. The lowest BCUT2D eigenvalue weighted by Crippen LogP contribution is -1.96.